The lowest BCUT2D eigenvalue weighted by Crippen LogP contribution is -2.41. The smallest absolute Gasteiger partial charge is 0.322 e. The Morgan fingerprint density at radius 2 is 1.94 bits per heavy atom. The molecule has 1 saturated carbocycles. The van der Waals surface area contributed by atoms with Gasteiger partial charge in [0.2, 0.25) is 0 Å². The maximum Gasteiger partial charge on any atom is 0.322 e. The number of benzene rings is 2. The van der Waals surface area contributed by atoms with Crippen LogP contribution in [0.1, 0.15) is 58.2 Å². The summed E-state index contributed by atoms with van der Waals surface area (Å²) in [7, 11) is 0. The molecule has 174 valence electrons. The number of hydrogen-bond acceptors (Lipinski definition) is 6. The first kappa shape index (κ1) is 22.3. The molecule has 2 heterocycles. The van der Waals surface area contributed by atoms with Crippen molar-refractivity contribution in [2.75, 3.05) is 0 Å². The van der Waals surface area contributed by atoms with Crippen LogP contribution in [0.25, 0.3) is 10.9 Å². The van der Waals surface area contributed by atoms with Crippen LogP contribution in [0.3, 0.4) is 0 Å². The molecule has 0 spiro atoms. The van der Waals surface area contributed by atoms with Crippen molar-refractivity contribution in [1.29, 1.82) is 0 Å². The number of H-pyrrole nitrogens is 1. The number of rotatable bonds is 6. The van der Waals surface area contributed by atoms with E-state index in [1.807, 2.05) is 49.4 Å². The van der Waals surface area contributed by atoms with Gasteiger partial charge in [0.05, 0.1) is 5.52 Å². The molecule has 7 nitrogen and oxygen atoms in total. The summed E-state index contributed by atoms with van der Waals surface area (Å²) in [4.78, 5) is 28.9. The van der Waals surface area contributed by atoms with Crippen LogP contribution < -0.4 is 14.9 Å². The highest BCUT2D eigenvalue weighted by Crippen LogP contribution is 2.33. The van der Waals surface area contributed by atoms with Crippen LogP contribution in [0.15, 0.2) is 59.4 Å². The topological polar surface area (TPSA) is 97.0 Å². The molecular weight excluding hydrogens is 448 g/mol. The number of carbonyl (C=O) groups excluding carboxylic acids is 1. The second kappa shape index (κ2) is 9.77. The Bertz CT molecular complexity index is 1360. The lowest BCUT2D eigenvalue weighted by atomic mass is 9.84. The molecule has 5 rings (SSSR count). The highest BCUT2D eigenvalue weighted by molar-refractivity contribution is 7.08. The van der Waals surface area contributed by atoms with Gasteiger partial charge in [0.15, 0.2) is 0 Å². The Morgan fingerprint density at radius 3 is 2.74 bits per heavy atom. The molecule has 34 heavy (non-hydrogen) atoms. The summed E-state index contributed by atoms with van der Waals surface area (Å²) < 4.78 is 6.02. The minimum absolute atomic E-state index is 0.0284. The van der Waals surface area contributed by atoms with Crippen molar-refractivity contribution in [3.63, 3.8) is 0 Å². The van der Waals surface area contributed by atoms with Crippen LogP contribution in [0.5, 0.6) is 5.75 Å². The van der Waals surface area contributed by atoms with E-state index >= 15 is 0 Å². The largest absolute Gasteiger partial charge is 0.489 e. The summed E-state index contributed by atoms with van der Waals surface area (Å²) in [6.07, 6.45) is 3.92. The van der Waals surface area contributed by atoms with Gasteiger partial charge in [-0.2, -0.15) is 5.10 Å². The van der Waals surface area contributed by atoms with Gasteiger partial charge in [0.25, 0.3) is 5.91 Å². The van der Waals surface area contributed by atoms with Gasteiger partial charge in [0, 0.05) is 34.2 Å². The number of aromatic nitrogens is 3. The van der Waals surface area contributed by atoms with E-state index in [-0.39, 0.29) is 22.7 Å². The van der Waals surface area contributed by atoms with Crippen molar-refractivity contribution in [1.82, 2.24) is 20.5 Å². The fourth-order valence-corrected chi connectivity index (χ4v) is 5.43. The van der Waals surface area contributed by atoms with Gasteiger partial charge in [-0.3, -0.25) is 14.6 Å². The van der Waals surface area contributed by atoms with Crippen molar-refractivity contribution in [2.45, 2.75) is 51.2 Å². The number of hydrogen-bond donors (Lipinski definition) is 2. The predicted octanol–water partition coefficient (Wildman–Crippen LogP) is 4.72. The molecular formula is C26H26N4O3S. The fraction of sp³-hybridized carbons (Fsp3) is 0.308. The average molecular weight is 475 g/mol. The van der Waals surface area contributed by atoms with E-state index in [9.17, 15) is 9.59 Å². The van der Waals surface area contributed by atoms with Gasteiger partial charge in [-0.1, -0.05) is 42.4 Å². The van der Waals surface area contributed by atoms with E-state index in [2.05, 4.69) is 20.5 Å². The van der Waals surface area contributed by atoms with Crippen LogP contribution >= 0.6 is 11.3 Å². The van der Waals surface area contributed by atoms with E-state index in [1.165, 1.54) is 0 Å². The molecule has 0 bridgehead atoms. The number of pyridine rings is 1. The number of fused-ring (bicyclic) bond motifs is 1. The molecule has 2 atom stereocenters. The summed E-state index contributed by atoms with van der Waals surface area (Å²) in [5, 5.41) is 11.7. The number of nitrogens with one attached hydrogen (secondary N) is 2. The first-order valence-corrected chi connectivity index (χ1v) is 12.3. The Balaban J connectivity index is 1.24. The zero-order chi connectivity index (χ0) is 23.5. The molecule has 1 amide bonds. The van der Waals surface area contributed by atoms with Gasteiger partial charge in [0.1, 0.15) is 17.4 Å². The summed E-state index contributed by atoms with van der Waals surface area (Å²) in [6.45, 7) is 2.40. The van der Waals surface area contributed by atoms with Crippen LogP contribution in [0.4, 0.5) is 0 Å². The number of ether oxygens (including phenoxy) is 1. The van der Waals surface area contributed by atoms with Crippen molar-refractivity contribution < 1.29 is 9.53 Å². The second-order valence-electron chi connectivity index (χ2n) is 8.68. The first-order valence-electron chi connectivity index (χ1n) is 11.5. The van der Waals surface area contributed by atoms with E-state index in [0.717, 1.165) is 64.2 Å². The number of amides is 1. The van der Waals surface area contributed by atoms with Crippen LogP contribution in [0, 0.1) is 6.92 Å². The Hall–Kier alpha value is -3.52. The standard InChI is InChI=1S/C26H26N4O3S/c1-16-14-18(20-6-2-4-8-22(20)27-16)15-33-19-12-10-17(11-13-19)24(31)28-23-9-5-3-7-21(23)25-29-30-26(32)34-25/h2,4,6,8,10-14,21,23H,3,5,7,9,15H2,1H3,(H,28,31)(H,30,32)/t21-,23-/m1/s1. The molecule has 4 aromatic rings. The Kier molecular flexibility index (Phi) is 6.40. The quantitative estimate of drug-likeness (QED) is 0.421. The monoisotopic (exact) mass is 474 g/mol. The van der Waals surface area contributed by atoms with Gasteiger partial charge in [-0.05, 0) is 56.2 Å². The van der Waals surface area contributed by atoms with Crippen molar-refractivity contribution in [2.24, 2.45) is 0 Å². The zero-order valence-electron chi connectivity index (χ0n) is 18.9. The minimum Gasteiger partial charge on any atom is -0.489 e. The number of aryl methyl sites for hydroxylation is 1. The zero-order valence-corrected chi connectivity index (χ0v) is 19.7. The van der Waals surface area contributed by atoms with Crippen molar-refractivity contribution in [3.8, 4) is 5.75 Å². The molecule has 2 aromatic carbocycles. The van der Waals surface area contributed by atoms with E-state index in [0.29, 0.717) is 17.9 Å². The molecule has 2 N–H and O–H groups in total. The molecule has 2 aromatic heterocycles. The number of aromatic amines is 1. The third-order valence-corrected chi connectivity index (χ3v) is 7.17. The second-order valence-corrected chi connectivity index (χ2v) is 9.67. The molecule has 0 saturated heterocycles. The molecule has 0 aliphatic heterocycles. The summed E-state index contributed by atoms with van der Waals surface area (Å²) in [5.74, 6) is 0.650. The van der Waals surface area contributed by atoms with Crippen LogP contribution in [0.2, 0.25) is 0 Å². The van der Waals surface area contributed by atoms with Gasteiger partial charge >= 0.3 is 4.87 Å². The minimum atomic E-state index is -0.156. The number of nitrogens with zero attached hydrogens (tertiary/aromatic N) is 2. The Labute approximate surface area is 201 Å². The summed E-state index contributed by atoms with van der Waals surface area (Å²) in [5.41, 5.74) is 3.56. The highest BCUT2D eigenvalue weighted by Gasteiger charge is 2.30. The SMILES string of the molecule is Cc1cc(COc2ccc(C(=O)N[C@@H]3CCCC[C@H]3c3n[nH]c(=O)s3)cc2)c2ccccc2n1. The molecule has 1 aliphatic carbocycles. The van der Waals surface area contributed by atoms with Gasteiger partial charge < -0.3 is 10.1 Å². The Morgan fingerprint density at radius 1 is 1.15 bits per heavy atom. The third kappa shape index (κ3) is 4.87. The average Bonchev–Trinajstić information content (AvgIpc) is 3.29. The van der Waals surface area contributed by atoms with Gasteiger partial charge in [-0.15, -0.1) is 0 Å². The number of para-hydroxylation sites is 1. The summed E-state index contributed by atoms with van der Waals surface area (Å²) >= 11 is 1.13. The highest BCUT2D eigenvalue weighted by atomic mass is 32.1. The lowest BCUT2D eigenvalue weighted by molar-refractivity contribution is 0.0920. The molecule has 1 fully saturated rings. The maximum absolute atomic E-state index is 12.9. The molecule has 1 aliphatic rings. The maximum atomic E-state index is 12.9. The lowest BCUT2D eigenvalue weighted by Gasteiger charge is -2.30. The third-order valence-electron chi connectivity index (χ3n) is 6.30. The molecule has 0 unspecified atom stereocenters. The van der Waals surface area contributed by atoms with Crippen LogP contribution in [-0.2, 0) is 6.61 Å². The fourth-order valence-electron chi connectivity index (χ4n) is 4.63. The van der Waals surface area contributed by atoms with Crippen molar-refractivity contribution >= 4 is 28.1 Å². The van der Waals surface area contributed by atoms with E-state index in [4.69, 9.17) is 4.74 Å². The summed E-state index contributed by atoms with van der Waals surface area (Å²) in [6, 6.07) is 17.3. The first-order chi connectivity index (χ1) is 16.6. The van der Waals surface area contributed by atoms with Crippen LogP contribution in [-0.4, -0.2) is 27.1 Å². The van der Waals surface area contributed by atoms with E-state index in [1.54, 1.807) is 12.1 Å². The van der Waals surface area contributed by atoms with E-state index < -0.39 is 0 Å². The number of carbonyl (C=O) groups is 1. The predicted molar refractivity (Wildman–Crippen MR) is 132 cm³/mol. The van der Waals surface area contributed by atoms with Gasteiger partial charge in [-0.25, -0.2) is 5.10 Å². The molecule has 8 heteroatoms. The normalized spacial score (nSPS) is 18.0. The van der Waals surface area contributed by atoms with Crippen molar-refractivity contribution in [3.05, 3.63) is 86.1 Å². The molecule has 0 radical (unpaired) electrons.